The molecule has 0 saturated heterocycles. The molecule has 0 N–H and O–H groups in total. The number of benzene rings is 5. The van der Waals surface area contributed by atoms with Gasteiger partial charge in [-0.25, -0.2) is 0 Å². The molecule has 0 fully saturated rings. The van der Waals surface area contributed by atoms with Crippen LogP contribution in [-0.2, 0) is 0 Å². The zero-order chi connectivity index (χ0) is 21.0. The van der Waals surface area contributed by atoms with E-state index >= 15 is 0 Å². The van der Waals surface area contributed by atoms with Crippen LogP contribution in [0.5, 0.6) is 0 Å². The molecular weight excluding hydrogens is 440 g/mol. The van der Waals surface area contributed by atoms with Gasteiger partial charge in [-0.15, -0.1) is 0 Å². The molecule has 0 bridgehead atoms. The molecule has 0 aliphatic heterocycles. The second-order valence-electron chi connectivity index (χ2n) is 7.58. The molecule has 0 aliphatic rings. The highest BCUT2D eigenvalue weighted by atomic mass is 79.9. The van der Waals surface area contributed by atoms with Crippen molar-refractivity contribution in [3.8, 4) is 0 Å². The van der Waals surface area contributed by atoms with Gasteiger partial charge >= 0.3 is 0 Å². The Hall–Kier alpha value is -3.42. The third kappa shape index (κ3) is 4.23. The summed E-state index contributed by atoms with van der Waals surface area (Å²) in [5.74, 6) is 0. The van der Waals surface area contributed by atoms with Crippen LogP contribution in [-0.4, -0.2) is 0 Å². The van der Waals surface area contributed by atoms with Crippen molar-refractivity contribution in [3.63, 3.8) is 0 Å². The lowest BCUT2D eigenvalue weighted by Gasteiger charge is -2.04. The monoisotopic (exact) mass is 460 g/mol. The quantitative estimate of drug-likeness (QED) is 0.234. The third-order valence-corrected chi connectivity index (χ3v) is 6.26. The van der Waals surface area contributed by atoms with Crippen molar-refractivity contribution in [1.29, 1.82) is 0 Å². The first-order valence-electron chi connectivity index (χ1n) is 10.4. The van der Waals surface area contributed by atoms with E-state index in [9.17, 15) is 0 Å². The number of hydrogen-bond acceptors (Lipinski definition) is 0. The van der Waals surface area contributed by atoms with Gasteiger partial charge in [-0.3, -0.25) is 0 Å². The van der Waals surface area contributed by atoms with Gasteiger partial charge in [0.25, 0.3) is 0 Å². The Balaban J connectivity index is 1.41. The molecule has 0 atom stereocenters. The van der Waals surface area contributed by atoms with Crippen molar-refractivity contribution in [2.75, 3.05) is 0 Å². The first kappa shape index (κ1) is 19.5. The lowest BCUT2D eigenvalue weighted by molar-refractivity contribution is 1.57. The van der Waals surface area contributed by atoms with Crippen molar-refractivity contribution >= 4 is 61.8 Å². The van der Waals surface area contributed by atoms with Crippen molar-refractivity contribution in [2.45, 2.75) is 0 Å². The zero-order valence-corrected chi connectivity index (χ0v) is 18.6. The SMILES string of the molecule is Brc1cc(/C=C/c2cccc3ccccc23)ccc1/C=C/c1cccc2ccccc12. The van der Waals surface area contributed by atoms with E-state index in [1.165, 1.54) is 38.2 Å². The summed E-state index contributed by atoms with van der Waals surface area (Å²) < 4.78 is 1.09. The fourth-order valence-corrected chi connectivity index (χ4v) is 4.47. The van der Waals surface area contributed by atoms with Crippen LogP contribution in [0, 0.1) is 0 Å². The largest absolute Gasteiger partial charge is 0.0616 e. The van der Waals surface area contributed by atoms with E-state index in [1.807, 2.05) is 0 Å². The molecule has 0 unspecified atom stereocenters. The predicted molar refractivity (Wildman–Crippen MR) is 140 cm³/mol. The molecular formula is C30H21Br. The highest BCUT2D eigenvalue weighted by Crippen LogP contribution is 2.26. The van der Waals surface area contributed by atoms with Crippen LogP contribution in [0.4, 0.5) is 0 Å². The Kier molecular flexibility index (Phi) is 5.52. The van der Waals surface area contributed by atoms with Crippen LogP contribution >= 0.6 is 15.9 Å². The van der Waals surface area contributed by atoms with E-state index in [2.05, 4.69) is 143 Å². The maximum Gasteiger partial charge on any atom is 0.0253 e. The van der Waals surface area contributed by atoms with Crippen molar-refractivity contribution in [1.82, 2.24) is 0 Å². The molecule has 0 radical (unpaired) electrons. The Morgan fingerprint density at radius 3 is 1.58 bits per heavy atom. The molecule has 31 heavy (non-hydrogen) atoms. The number of rotatable bonds is 4. The van der Waals surface area contributed by atoms with E-state index in [1.54, 1.807) is 0 Å². The maximum absolute atomic E-state index is 3.75. The molecule has 5 aromatic rings. The Morgan fingerprint density at radius 1 is 0.452 bits per heavy atom. The average molecular weight is 461 g/mol. The summed E-state index contributed by atoms with van der Waals surface area (Å²) in [6, 6.07) is 36.3. The van der Waals surface area contributed by atoms with Crippen LogP contribution < -0.4 is 0 Å². The number of hydrogen-bond donors (Lipinski definition) is 0. The van der Waals surface area contributed by atoms with Crippen LogP contribution in [0.15, 0.2) is 108 Å². The minimum Gasteiger partial charge on any atom is -0.0616 e. The van der Waals surface area contributed by atoms with E-state index in [0.717, 1.165) is 10.0 Å². The number of halogens is 1. The molecule has 0 aliphatic carbocycles. The van der Waals surface area contributed by atoms with Crippen LogP contribution in [0.25, 0.3) is 45.8 Å². The van der Waals surface area contributed by atoms with E-state index in [-0.39, 0.29) is 0 Å². The van der Waals surface area contributed by atoms with Crippen molar-refractivity contribution in [3.05, 3.63) is 130 Å². The molecule has 5 aromatic carbocycles. The molecule has 0 aromatic heterocycles. The smallest absolute Gasteiger partial charge is 0.0253 e. The van der Waals surface area contributed by atoms with Gasteiger partial charge in [-0.1, -0.05) is 137 Å². The third-order valence-electron chi connectivity index (χ3n) is 5.57. The number of fused-ring (bicyclic) bond motifs is 2. The summed E-state index contributed by atoms with van der Waals surface area (Å²) in [6.07, 6.45) is 8.72. The Labute approximate surface area is 191 Å². The molecule has 0 amide bonds. The van der Waals surface area contributed by atoms with E-state index in [0.29, 0.717) is 0 Å². The zero-order valence-electron chi connectivity index (χ0n) is 17.0. The minimum atomic E-state index is 1.09. The molecule has 0 spiro atoms. The second-order valence-corrected chi connectivity index (χ2v) is 8.44. The van der Waals surface area contributed by atoms with Gasteiger partial charge in [0.15, 0.2) is 0 Å². The topological polar surface area (TPSA) is 0 Å². The van der Waals surface area contributed by atoms with Gasteiger partial charge in [0.2, 0.25) is 0 Å². The van der Waals surface area contributed by atoms with Crippen molar-refractivity contribution < 1.29 is 0 Å². The first-order valence-corrected chi connectivity index (χ1v) is 11.2. The molecule has 148 valence electrons. The fourth-order valence-electron chi connectivity index (χ4n) is 3.94. The summed E-state index contributed by atoms with van der Waals surface area (Å²) in [6.45, 7) is 0. The summed E-state index contributed by atoms with van der Waals surface area (Å²) in [7, 11) is 0. The fraction of sp³-hybridized carbons (Fsp3) is 0. The molecule has 0 heterocycles. The Morgan fingerprint density at radius 2 is 0.968 bits per heavy atom. The standard InChI is InChI=1S/C30H21Br/c31-30-21-22(15-17-25-11-5-9-23-7-1-3-13-28(23)25)16-18-27(30)20-19-26-12-6-10-24-8-2-4-14-29(24)26/h1-21H/b17-15+,20-19+. The summed E-state index contributed by atoms with van der Waals surface area (Å²) in [5, 5.41) is 5.07. The molecule has 5 rings (SSSR count). The van der Waals surface area contributed by atoms with E-state index < -0.39 is 0 Å². The predicted octanol–water partition coefficient (Wildman–Crippen LogP) is 9.10. The molecule has 0 saturated carbocycles. The summed E-state index contributed by atoms with van der Waals surface area (Å²) in [5.41, 5.74) is 4.79. The first-order chi connectivity index (χ1) is 15.3. The Bertz CT molecular complexity index is 1430. The summed E-state index contributed by atoms with van der Waals surface area (Å²) >= 11 is 3.75. The van der Waals surface area contributed by atoms with Gasteiger partial charge in [-0.05, 0) is 49.9 Å². The highest BCUT2D eigenvalue weighted by molar-refractivity contribution is 9.10. The van der Waals surface area contributed by atoms with Gasteiger partial charge in [-0.2, -0.15) is 0 Å². The second kappa shape index (κ2) is 8.75. The normalized spacial score (nSPS) is 11.8. The molecule has 1 heteroatoms. The maximum atomic E-state index is 3.75. The summed E-state index contributed by atoms with van der Waals surface area (Å²) in [4.78, 5) is 0. The van der Waals surface area contributed by atoms with Gasteiger partial charge in [0, 0.05) is 4.47 Å². The molecule has 0 nitrogen and oxygen atoms in total. The van der Waals surface area contributed by atoms with Gasteiger partial charge in [0.05, 0.1) is 0 Å². The van der Waals surface area contributed by atoms with Gasteiger partial charge in [0.1, 0.15) is 0 Å². The van der Waals surface area contributed by atoms with Crippen LogP contribution in [0.3, 0.4) is 0 Å². The highest BCUT2D eigenvalue weighted by Gasteiger charge is 2.01. The van der Waals surface area contributed by atoms with Crippen LogP contribution in [0.1, 0.15) is 22.3 Å². The lowest BCUT2D eigenvalue weighted by Crippen LogP contribution is -1.81. The van der Waals surface area contributed by atoms with Crippen molar-refractivity contribution in [2.24, 2.45) is 0 Å². The minimum absolute atomic E-state index is 1.09. The average Bonchev–Trinajstić information content (AvgIpc) is 2.82. The van der Waals surface area contributed by atoms with Crippen LogP contribution in [0.2, 0.25) is 0 Å². The lowest BCUT2D eigenvalue weighted by atomic mass is 10.0. The van der Waals surface area contributed by atoms with E-state index in [4.69, 9.17) is 0 Å². The van der Waals surface area contributed by atoms with Gasteiger partial charge < -0.3 is 0 Å².